The van der Waals surface area contributed by atoms with E-state index in [1.807, 2.05) is 0 Å². The third-order valence-corrected chi connectivity index (χ3v) is 5.10. The number of rotatable bonds is 2. The second kappa shape index (κ2) is 4.30. The largest absolute Gasteiger partial charge is 0.389 e. The Balaban J connectivity index is 1.55. The number of aliphatic hydroxyl groups is 1. The van der Waals surface area contributed by atoms with Crippen molar-refractivity contribution >= 4 is 0 Å². The predicted octanol–water partition coefficient (Wildman–Crippen LogP) is 2.41. The molecule has 1 saturated heterocycles. The Morgan fingerprint density at radius 3 is 2.19 bits per heavy atom. The molecule has 2 unspecified atom stereocenters. The van der Waals surface area contributed by atoms with Gasteiger partial charge in [-0.05, 0) is 37.5 Å². The first-order chi connectivity index (χ1) is 7.75. The fourth-order valence-corrected chi connectivity index (χ4v) is 4.25. The lowest BCUT2D eigenvalue weighted by atomic mass is 9.84. The molecule has 1 aliphatic heterocycles. The van der Waals surface area contributed by atoms with Crippen LogP contribution in [0, 0.1) is 11.8 Å². The summed E-state index contributed by atoms with van der Waals surface area (Å²) < 4.78 is 0. The Labute approximate surface area is 99.0 Å². The normalized spacial score (nSPS) is 38.8. The summed E-state index contributed by atoms with van der Waals surface area (Å²) in [6.45, 7) is 3.50. The molecule has 1 N–H and O–H groups in total. The molecule has 16 heavy (non-hydrogen) atoms. The molecule has 3 rings (SSSR count). The molecule has 3 fully saturated rings. The van der Waals surface area contributed by atoms with E-state index < -0.39 is 0 Å². The van der Waals surface area contributed by atoms with E-state index in [9.17, 15) is 5.11 Å². The molecular formula is C14H25NO. The van der Waals surface area contributed by atoms with Crippen LogP contribution in [0.5, 0.6) is 0 Å². The van der Waals surface area contributed by atoms with E-state index in [2.05, 4.69) is 4.90 Å². The monoisotopic (exact) mass is 223 g/mol. The highest BCUT2D eigenvalue weighted by Crippen LogP contribution is 2.39. The zero-order valence-electron chi connectivity index (χ0n) is 10.3. The van der Waals surface area contributed by atoms with Crippen molar-refractivity contribution in [1.29, 1.82) is 0 Å². The predicted molar refractivity (Wildman–Crippen MR) is 65.3 cm³/mol. The molecule has 2 atom stereocenters. The Morgan fingerprint density at radius 1 is 0.938 bits per heavy atom. The number of hydrogen-bond donors (Lipinski definition) is 1. The molecular weight excluding hydrogens is 198 g/mol. The van der Waals surface area contributed by atoms with Crippen LogP contribution in [-0.2, 0) is 0 Å². The van der Waals surface area contributed by atoms with Crippen LogP contribution in [0.1, 0.15) is 51.4 Å². The summed E-state index contributed by atoms with van der Waals surface area (Å²) in [5.41, 5.74) is -0.336. The molecule has 1 heterocycles. The van der Waals surface area contributed by atoms with Gasteiger partial charge in [-0.3, -0.25) is 4.90 Å². The number of β-amino-alcohol motifs (C(OH)–C–C–N with tert-alkyl or cyclic N) is 1. The molecule has 2 heteroatoms. The quantitative estimate of drug-likeness (QED) is 0.777. The maximum absolute atomic E-state index is 10.6. The average Bonchev–Trinajstić information content (AvgIpc) is 2.78. The molecule has 0 aromatic heterocycles. The third-order valence-electron chi connectivity index (χ3n) is 5.10. The van der Waals surface area contributed by atoms with E-state index in [-0.39, 0.29) is 5.60 Å². The van der Waals surface area contributed by atoms with Crippen molar-refractivity contribution in [2.45, 2.75) is 57.0 Å². The standard InChI is InChI=1S/C14H25NO/c16-14(7-2-1-3-8-14)11-15-9-12-5-4-6-13(12)10-15/h12-13,16H,1-11H2. The van der Waals surface area contributed by atoms with Gasteiger partial charge in [-0.15, -0.1) is 0 Å². The van der Waals surface area contributed by atoms with Crippen molar-refractivity contribution in [3.05, 3.63) is 0 Å². The number of hydrogen-bond acceptors (Lipinski definition) is 2. The van der Waals surface area contributed by atoms with Gasteiger partial charge in [-0.25, -0.2) is 0 Å². The summed E-state index contributed by atoms with van der Waals surface area (Å²) in [7, 11) is 0. The van der Waals surface area contributed by atoms with Gasteiger partial charge in [0.05, 0.1) is 5.60 Å². The highest BCUT2D eigenvalue weighted by molar-refractivity contribution is 4.93. The first-order valence-electron chi connectivity index (χ1n) is 7.20. The maximum Gasteiger partial charge on any atom is 0.0774 e. The molecule has 0 amide bonds. The number of likely N-dealkylation sites (tertiary alicyclic amines) is 1. The van der Waals surface area contributed by atoms with Crippen molar-refractivity contribution in [1.82, 2.24) is 4.90 Å². The zero-order chi connectivity index (χ0) is 11.0. The first kappa shape index (κ1) is 11.0. The zero-order valence-corrected chi connectivity index (χ0v) is 10.3. The molecule has 2 saturated carbocycles. The minimum Gasteiger partial charge on any atom is -0.389 e. The molecule has 0 radical (unpaired) electrons. The fourth-order valence-electron chi connectivity index (χ4n) is 4.25. The second-order valence-corrected chi connectivity index (χ2v) is 6.43. The van der Waals surface area contributed by atoms with Crippen LogP contribution < -0.4 is 0 Å². The smallest absolute Gasteiger partial charge is 0.0774 e. The minimum atomic E-state index is -0.336. The van der Waals surface area contributed by atoms with E-state index in [1.54, 1.807) is 0 Å². The summed E-state index contributed by atoms with van der Waals surface area (Å²) in [6, 6.07) is 0. The fraction of sp³-hybridized carbons (Fsp3) is 1.00. The molecule has 2 aliphatic carbocycles. The van der Waals surface area contributed by atoms with Crippen molar-refractivity contribution in [2.75, 3.05) is 19.6 Å². The number of fused-ring (bicyclic) bond motifs is 1. The Hall–Kier alpha value is -0.0800. The summed E-state index contributed by atoms with van der Waals surface area (Å²) >= 11 is 0. The molecule has 0 spiro atoms. The van der Waals surface area contributed by atoms with Crippen LogP contribution in [0.4, 0.5) is 0 Å². The molecule has 92 valence electrons. The SMILES string of the molecule is OC1(CN2CC3CCCC3C2)CCCCC1. The maximum atomic E-state index is 10.6. The van der Waals surface area contributed by atoms with Gasteiger partial charge >= 0.3 is 0 Å². The van der Waals surface area contributed by atoms with Crippen molar-refractivity contribution in [2.24, 2.45) is 11.8 Å². The van der Waals surface area contributed by atoms with Gasteiger partial charge in [0.25, 0.3) is 0 Å². The van der Waals surface area contributed by atoms with Crippen LogP contribution in [-0.4, -0.2) is 35.2 Å². The minimum absolute atomic E-state index is 0.336. The van der Waals surface area contributed by atoms with Crippen molar-refractivity contribution < 1.29 is 5.11 Å². The topological polar surface area (TPSA) is 23.5 Å². The van der Waals surface area contributed by atoms with E-state index in [4.69, 9.17) is 0 Å². The second-order valence-electron chi connectivity index (χ2n) is 6.43. The summed E-state index contributed by atoms with van der Waals surface area (Å²) in [4.78, 5) is 2.56. The Morgan fingerprint density at radius 2 is 1.56 bits per heavy atom. The average molecular weight is 223 g/mol. The molecule has 0 aromatic rings. The van der Waals surface area contributed by atoms with E-state index >= 15 is 0 Å². The molecule has 3 aliphatic rings. The van der Waals surface area contributed by atoms with Crippen LogP contribution in [0.25, 0.3) is 0 Å². The Kier molecular flexibility index (Phi) is 2.97. The van der Waals surface area contributed by atoms with Gasteiger partial charge in [-0.1, -0.05) is 25.7 Å². The van der Waals surface area contributed by atoms with Crippen LogP contribution in [0.2, 0.25) is 0 Å². The van der Waals surface area contributed by atoms with Crippen LogP contribution >= 0.6 is 0 Å². The van der Waals surface area contributed by atoms with Gasteiger partial charge in [0.1, 0.15) is 0 Å². The van der Waals surface area contributed by atoms with E-state index in [0.29, 0.717) is 0 Å². The molecule has 0 aromatic carbocycles. The lowest BCUT2D eigenvalue weighted by Crippen LogP contribution is -2.43. The Bertz CT molecular complexity index is 235. The van der Waals surface area contributed by atoms with Gasteiger partial charge in [0.2, 0.25) is 0 Å². The highest BCUT2D eigenvalue weighted by Gasteiger charge is 2.39. The highest BCUT2D eigenvalue weighted by atomic mass is 16.3. The van der Waals surface area contributed by atoms with Crippen molar-refractivity contribution in [3.8, 4) is 0 Å². The lowest BCUT2D eigenvalue weighted by molar-refractivity contribution is -0.0228. The van der Waals surface area contributed by atoms with Crippen LogP contribution in [0.3, 0.4) is 0 Å². The summed E-state index contributed by atoms with van der Waals surface area (Å²) in [5.74, 6) is 1.93. The van der Waals surface area contributed by atoms with E-state index in [1.165, 1.54) is 51.6 Å². The summed E-state index contributed by atoms with van der Waals surface area (Å²) in [6.07, 6.45) is 10.2. The van der Waals surface area contributed by atoms with Gasteiger partial charge in [-0.2, -0.15) is 0 Å². The number of nitrogens with zero attached hydrogens (tertiary/aromatic N) is 1. The third kappa shape index (κ3) is 2.14. The van der Waals surface area contributed by atoms with Gasteiger partial charge < -0.3 is 5.11 Å². The van der Waals surface area contributed by atoms with Gasteiger partial charge in [0.15, 0.2) is 0 Å². The first-order valence-corrected chi connectivity index (χ1v) is 7.20. The lowest BCUT2D eigenvalue weighted by Gasteiger charge is -2.35. The summed E-state index contributed by atoms with van der Waals surface area (Å²) in [5, 5.41) is 10.6. The molecule has 0 bridgehead atoms. The van der Waals surface area contributed by atoms with E-state index in [0.717, 1.165) is 31.2 Å². The van der Waals surface area contributed by atoms with Crippen molar-refractivity contribution in [3.63, 3.8) is 0 Å². The van der Waals surface area contributed by atoms with Crippen LogP contribution in [0.15, 0.2) is 0 Å². The van der Waals surface area contributed by atoms with Gasteiger partial charge in [0, 0.05) is 19.6 Å². The molecule has 2 nitrogen and oxygen atoms in total.